The van der Waals surface area contributed by atoms with E-state index in [1.807, 2.05) is 0 Å². The highest BCUT2D eigenvalue weighted by Gasteiger charge is 2.24. The van der Waals surface area contributed by atoms with Crippen LogP contribution in [0.5, 0.6) is 0 Å². The number of aromatic nitrogens is 1. The molecule has 0 spiro atoms. The Bertz CT molecular complexity index is 619. The van der Waals surface area contributed by atoms with Crippen LogP contribution in [0.4, 0.5) is 8.78 Å². The van der Waals surface area contributed by atoms with Crippen LogP contribution in [-0.4, -0.2) is 16.8 Å². The summed E-state index contributed by atoms with van der Waals surface area (Å²) < 4.78 is 26.6. The molecule has 1 heterocycles. The second kappa shape index (κ2) is 5.29. The molecule has 0 N–H and O–H groups in total. The van der Waals surface area contributed by atoms with Crippen LogP contribution in [0.1, 0.15) is 24.2 Å². The number of fused-ring (bicyclic) bond motifs is 1. The standard InChI is InChI=1S/C14H14ClF2NO/c1-8(2)13(19)12-9-5-3-4-6-10(9)18(14(12)15)7-11(16)17/h3-6,8,11H,7H2,1-2H3. The number of ketones is 1. The molecular formula is C14H14ClF2NO. The Morgan fingerprint density at radius 3 is 2.53 bits per heavy atom. The fourth-order valence-corrected chi connectivity index (χ4v) is 2.47. The highest BCUT2D eigenvalue weighted by molar-refractivity contribution is 6.35. The number of hydrogen-bond acceptors (Lipinski definition) is 1. The molecule has 102 valence electrons. The summed E-state index contributed by atoms with van der Waals surface area (Å²) in [6.45, 7) is 3.01. The maximum atomic E-state index is 12.6. The van der Waals surface area contributed by atoms with E-state index in [1.54, 1.807) is 38.1 Å². The molecule has 0 radical (unpaired) electrons. The molecule has 0 aliphatic carbocycles. The van der Waals surface area contributed by atoms with Crippen molar-refractivity contribution in [3.8, 4) is 0 Å². The fourth-order valence-electron chi connectivity index (χ4n) is 2.11. The fraction of sp³-hybridized carbons (Fsp3) is 0.357. The largest absolute Gasteiger partial charge is 0.325 e. The van der Waals surface area contributed by atoms with E-state index in [0.29, 0.717) is 16.5 Å². The molecular weight excluding hydrogens is 272 g/mol. The summed E-state index contributed by atoms with van der Waals surface area (Å²) in [5, 5.41) is 0.729. The Balaban J connectivity index is 2.70. The van der Waals surface area contributed by atoms with Crippen LogP contribution in [0, 0.1) is 5.92 Å². The van der Waals surface area contributed by atoms with Gasteiger partial charge >= 0.3 is 0 Å². The molecule has 2 rings (SSSR count). The van der Waals surface area contributed by atoms with Gasteiger partial charge in [0.2, 0.25) is 0 Å². The molecule has 19 heavy (non-hydrogen) atoms. The summed E-state index contributed by atoms with van der Waals surface area (Å²) in [7, 11) is 0. The van der Waals surface area contributed by atoms with Crippen molar-refractivity contribution in [3.63, 3.8) is 0 Å². The second-order valence-corrected chi connectivity index (χ2v) is 5.06. The van der Waals surface area contributed by atoms with Crippen molar-refractivity contribution in [3.05, 3.63) is 35.0 Å². The van der Waals surface area contributed by atoms with Gasteiger partial charge in [-0.3, -0.25) is 4.79 Å². The summed E-state index contributed by atoms with van der Waals surface area (Å²) in [6, 6.07) is 6.94. The van der Waals surface area contributed by atoms with Gasteiger partial charge in [-0.1, -0.05) is 43.6 Å². The van der Waals surface area contributed by atoms with Gasteiger partial charge in [-0.15, -0.1) is 0 Å². The number of hydrogen-bond donors (Lipinski definition) is 0. The van der Waals surface area contributed by atoms with Crippen molar-refractivity contribution >= 4 is 28.3 Å². The minimum atomic E-state index is -2.52. The third kappa shape index (κ3) is 2.50. The smallest absolute Gasteiger partial charge is 0.256 e. The zero-order valence-corrected chi connectivity index (χ0v) is 11.4. The van der Waals surface area contributed by atoms with Gasteiger partial charge in [-0.25, -0.2) is 8.78 Å². The number of alkyl halides is 2. The third-order valence-corrected chi connectivity index (χ3v) is 3.39. The summed E-state index contributed by atoms with van der Waals surface area (Å²) in [4.78, 5) is 12.2. The van der Waals surface area contributed by atoms with Crippen molar-refractivity contribution in [2.45, 2.75) is 26.8 Å². The van der Waals surface area contributed by atoms with Crippen molar-refractivity contribution in [2.75, 3.05) is 0 Å². The highest BCUT2D eigenvalue weighted by atomic mass is 35.5. The number of benzene rings is 1. The van der Waals surface area contributed by atoms with Gasteiger partial charge in [0.15, 0.2) is 5.78 Å². The normalized spacial score (nSPS) is 11.7. The Morgan fingerprint density at radius 2 is 1.95 bits per heavy atom. The van der Waals surface area contributed by atoms with Crippen molar-refractivity contribution in [2.24, 2.45) is 5.92 Å². The molecule has 0 atom stereocenters. The topological polar surface area (TPSA) is 22.0 Å². The molecule has 1 aromatic carbocycles. The first-order valence-electron chi connectivity index (χ1n) is 6.02. The first kappa shape index (κ1) is 14.0. The first-order chi connectivity index (χ1) is 8.93. The Hall–Kier alpha value is -1.42. The Kier molecular flexibility index (Phi) is 3.90. The van der Waals surface area contributed by atoms with E-state index in [0.717, 1.165) is 0 Å². The number of nitrogens with zero attached hydrogens (tertiary/aromatic N) is 1. The quantitative estimate of drug-likeness (QED) is 0.763. The molecule has 0 amide bonds. The minimum absolute atomic E-state index is 0.0974. The van der Waals surface area contributed by atoms with E-state index in [4.69, 9.17) is 11.6 Å². The van der Waals surface area contributed by atoms with Crippen molar-refractivity contribution < 1.29 is 13.6 Å². The van der Waals surface area contributed by atoms with E-state index >= 15 is 0 Å². The predicted molar refractivity (Wildman–Crippen MR) is 72.1 cm³/mol. The second-order valence-electron chi connectivity index (χ2n) is 4.70. The number of carbonyl (C=O) groups is 1. The van der Waals surface area contributed by atoms with Gasteiger partial charge in [-0.2, -0.15) is 0 Å². The Labute approximate surface area is 115 Å². The van der Waals surface area contributed by atoms with E-state index in [9.17, 15) is 13.6 Å². The molecule has 2 nitrogen and oxygen atoms in total. The maximum Gasteiger partial charge on any atom is 0.256 e. The van der Waals surface area contributed by atoms with Crippen molar-refractivity contribution in [1.82, 2.24) is 4.57 Å². The van der Waals surface area contributed by atoms with Gasteiger partial charge < -0.3 is 4.57 Å². The summed E-state index contributed by atoms with van der Waals surface area (Å²) >= 11 is 6.14. The Morgan fingerprint density at radius 1 is 1.32 bits per heavy atom. The minimum Gasteiger partial charge on any atom is -0.325 e. The molecule has 0 fully saturated rings. The monoisotopic (exact) mass is 285 g/mol. The molecule has 2 aromatic rings. The van der Waals surface area contributed by atoms with Crippen molar-refractivity contribution in [1.29, 1.82) is 0 Å². The lowest BCUT2D eigenvalue weighted by Crippen LogP contribution is -2.10. The molecule has 0 saturated heterocycles. The zero-order chi connectivity index (χ0) is 14.2. The van der Waals surface area contributed by atoms with Crippen LogP contribution < -0.4 is 0 Å². The third-order valence-electron chi connectivity index (χ3n) is 3.00. The van der Waals surface area contributed by atoms with E-state index in [-0.39, 0.29) is 16.9 Å². The van der Waals surface area contributed by atoms with Gasteiger partial charge in [0.1, 0.15) is 5.15 Å². The predicted octanol–water partition coefficient (Wildman–Crippen LogP) is 4.40. The van der Waals surface area contributed by atoms with Gasteiger partial charge in [0, 0.05) is 11.3 Å². The number of para-hydroxylation sites is 1. The summed E-state index contributed by atoms with van der Waals surface area (Å²) in [5.41, 5.74) is 0.907. The molecule has 0 bridgehead atoms. The molecule has 1 aromatic heterocycles. The lowest BCUT2D eigenvalue weighted by molar-refractivity contribution is 0.0939. The molecule has 0 aliphatic heterocycles. The van der Waals surface area contributed by atoms with Crippen LogP contribution in [0.3, 0.4) is 0 Å². The number of Topliss-reactive ketones (excluding diaryl/α,β-unsaturated/α-hetero) is 1. The van der Waals surface area contributed by atoms with E-state index in [1.165, 1.54) is 4.57 Å². The number of carbonyl (C=O) groups excluding carboxylic acids is 1. The van der Waals surface area contributed by atoms with Crippen LogP contribution in [0.15, 0.2) is 24.3 Å². The first-order valence-corrected chi connectivity index (χ1v) is 6.40. The van der Waals surface area contributed by atoms with E-state index < -0.39 is 13.0 Å². The highest BCUT2D eigenvalue weighted by Crippen LogP contribution is 2.32. The van der Waals surface area contributed by atoms with Crippen LogP contribution in [0.25, 0.3) is 10.9 Å². The summed E-state index contributed by atoms with van der Waals surface area (Å²) in [6.07, 6.45) is -2.52. The van der Waals surface area contributed by atoms with Gasteiger partial charge in [0.05, 0.1) is 17.6 Å². The molecule has 5 heteroatoms. The number of rotatable bonds is 4. The number of halogens is 3. The average Bonchev–Trinajstić information content (AvgIpc) is 2.61. The molecule has 0 aliphatic rings. The van der Waals surface area contributed by atoms with Crippen LogP contribution >= 0.6 is 11.6 Å². The lowest BCUT2D eigenvalue weighted by Gasteiger charge is -2.06. The molecule has 0 saturated carbocycles. The van der Waals surface area contributed by atoms with Gasteiger partial charge in [-0.05, 0) is 6.07 Å². The summed E-state index contributed by atoms with van der Waals surface area (Å²) in [5.74, 6) is -0.363. The molecule has 0 unspecified atom stereocenters. The average molecular weight is 286 g/mol. The zero-order valence-electron chi connectivity index (χ0n) is 10.7. The van der Waals surface area contributed by atoms with Crippen LogP contribution in [0.2, 0.25) is 5.15 Å². The van der Waals surface area contributed by atoms with Crippen LogP contribution in [-0.2, 0) is 6.54 Å². The van der Waals surface area contributed by atoms with E-state index in [2.05, 4.69) is 0 Å². The maximum absolute atomic E-state index is 12.6. The SMILES string of the molecule is CC(C)C(=O)c1c(Cl)n(CC(F)F)c2ccccc12. The van der Waals surface area contributed by atoms with Gasteiger partial charge in [0.25, 0.3) is 6.43 Å². The lowest BCUT2D eigenvalue weighted by atomic mass is 10.0.